The minimum absolute atomic E-state index is 0.105. The molecular weight excluding hydrogens is 131 g/mol. The fourth-order valence-electron chi connectivity index (χ4n) is 1.34. The highest BCUT2D eigenvalue weighted by Crippen LogP contribution is 2.33. The molecule has 3 N–H and O–H groups in total. The lowest BCUT2D eigenvalue weighted by atomic mass is 9.84. The molecule has 0 aliphatic heterocycles. The van der Waals surface area contributed by atoms with Gasteiger partial charge in [0.25, 0.3) is 0 Å². The van der Waals surface area contributed by atoms with Crippen molar-refractivity contribution in [1.82, 2.24) is 0 Å². The first kappa shape index (κ1) is 8.05. The monoisotopic (exact) mass is 142 g/mol. The summed E-state index contributed by atoms with van der Waals surface area (Å²) in [5.74, 6) is -0.628. The molecule has 1 aliphatic rings. The molecule has 0 bridgehead atoms. The molecule has 0 amide bonds. The van der Waals surface area contributed by atoms with Gasteiger partial charge in [0.1, 0.15) is 0 Å². The molecule has 0 aromatic rings. The van der Waals surface area contributed by atoms with Gasteiger partial charge in [-0.15, -0.1) is 0 Å². The second-order valence-corrected chi connectivity index (χ2v) is 2.82. The van der Waals surface area contributed by atoms with Gasteiger partial charge in [0.05, 0.1) is 20.1 Å². The standard InChI is InChI=1S/C6H11BO3/c7-4-1-3(2-8)5(9)6(4)10/h3-6,8-10H,1-2H2/t3-,4-,5?,6?/m1/s1. The van der Waals surface area contributed by atoms with E-state index in [4.69, 9.17) is 23.2 Å². The Morgan fingerprint density at radius 2 is 1.90 bits per heavy atom. The lowest BCUT2D eigenvalue weighted by molar-refractivity contribution is 0.00707. The number of hydrogen-bond donors (Lipinski definition) is 3. The second-order valence-electron chi connectivity index (χ2n) is 2.82. The fourth-order valence-corrected chi connectivity index (χ4v) is 1.34. The zero-order chi connectivity index (χ0) is 7.72. The molecule has 3 nitrogen and oxygen atoms in total. The van der Waals surface area contributed by atoms with Gasteiger partial charge in [0, 0.05) is 12.5 Å². The van der Waals surface area contributed by atoms with Gasteiger partial charge >= 0.3 is 0 Å². The van der Waals surface area contributed by atoms with E-state index in [0.29, 0.717) is 6.42 Å². The number of rotatable bonds is 1. The largest absolute Gasteiger partial charge is 0.396 e. The van der Waals surface area contributed by atoms with Gasteiger partial charge in [-0.05, 0) is 12.2 Å². The highest BCUT2D eigenvalue weighted by molar-refractivity contribution is 6.12. The minimum Gasteiger partial charge on any atom is -0.396 e. The van der Waals surface area contributed by atoms with Crippen LogP contribution < -0.4 is 0 Å². The summed E-state index contributed by atoms with van der Waals surface area (Å²) in [5, 5.41) is 26.9. The summed E-state index contributed by atoms with van der Waals surface area (Å²) in [7, 11) is 5.41. The molecule has 1 fully saturated rings. The van der Waals surface area contributed by atoms with Crippen molar-refractivity contribution in [1.29, 1.82) is 0 Å². The lowest BCUT2D eigenvalue weighted by Crippen LogP contribution is -2.28. The highest BCUT2D eigenvalue weighted by Gasteiger charge is 2.37. The number of hydrogen-bond acceptors (Lipinski definition) is 3. The summed E-state index contributed by atoms with van der Waals surface area (Å²) in [6, 6.07) is 0. The smallest absolute Gasteiger partial charge is 0.0844 e. The third-order valence-electron chi connectivity index (χ3n) is 2.08. The van der Waals surface area contributed by atoms with Gasteiger partial charge < -0.3 is 15.3 Å². The van der Waals surface area contributed by atoms with Crippen molar-refractivity contribution in [2.75, 3.05) is 6.61 Å². The van der Waals surface area contributed by atoms with E-state index in [0.717, 1.165) is 0 Å². The molecule has 0 heterocycles. The maximum absolute atomic E-state index is 9.14. The van der Waals surface area contributed by atoms with Crippen molar-refractivity contribution in [3.8, 4) is 0 Å². The van der Waals surface area contributed by atoms with Crippen molar-refractivity contribution in [3.63, 3.8) is 0 Å². The molecule has 1 rings (SSSR count). The molecule has 56 valence electrons. The van der Waals surface area contributed by atoms with Crippen molar-refractivity contribution in [2.45, 2.75) is 24.4 Å². The summed E-state index contributed by atoms with van der Waals surface area (Å²) in [6.45, 7) is -0.105. The van der Waals surface area contributed by atoms with Gasteiger partial charge in [-0.25, -0.2) is 0 Å². The third kappa shape index (κ3) is 1.19. The Labute approximate surface area is 61.1 Å². The Balaban J connectivity index is 2.53. The van der Waals surface area contributed by atoms with E-state index >= 15 is 0 Å². The molecule has 1 saturated carbocycles. The fraction of sp³-hybridized carbons (Fsp3) is 1.00. The normalized spacial score (nSPS) is 47.9. The summed E-state index contributed by atoms with van der Waals surface area (Å²) in [4.78, 5) is 0. The summed E-state index contributed by atoms with van der Waals surface area (Å²) < 4.78 is 0. The quantitative estimate of drug-likeness (QED) is 0.398. The molecule has 4 heteroatoms. The molecule has 2 radical (unpaired) electrons. The van der Waals surface area contributed by atoms with Crippen LogP contribution in [-0.2, 0) is 0 Å². The van der Waals surface area contributed by atoms with Crippen molar-refractivity contribution < 1.29 is 15.3 Å². The van der Waals surface area contributed by atoms with Crippen LogP contribution >= 0.6 is 0 Å². The Kier molecular flexibility index (Phi) is 2.34. The SMILES string of the molecule is [B][C@@H]1C[C@H](CO)C(O)C1O. The molecule has 4 atom stereocenters. The minimum atomic E-state index is -0.864. The average Bonchev–Trinajstić information content (AvgIpc) is 2.17. The molecule has 1 aliphatic carbocycles. The first-order valence-corrected chi connectivity index (χ1v) is 3.39. The van der Waals surface area contributed by atoms with Crippen molar-refractivity contribution in [2.24, 2.45) is 5.92 Å². The van der Waals surface area contributed by atoms with E-state index in [-0.39, 0.29) is 18.3 Å². The van der Waals surface area contributed by atoms with Crippen molar-refractivity contribution in [3.05, 3.63) is 0 Å². The van der Waals surface area contributed by atoms with E-state index in [1.54, 1.807) is 0 Å². The zero-order valence-corrected chi connectivity index (χ0v) is 5.64. The van der Waals surface area contributed by atoms with Gasteiger partial charge in [-0.1, -0.05) is 0 Å². The van der Waals surface area contributed by atoms with E-state index in [1.807, 2.05) is 0 Å². The summed E-state index contributed by atoms with van der Waals surface area (Å²) in [5.41, 5.74) is 0. The molecular formula is C6H11BO3. The lowest BCUT2D eigenvalue weighted by Gasteiger charge is -2.13. The molecule has 10 heavy (non-hydrogen) atoms. The predicted molar refractivity (Wildman–Crippen MR) is 36.7 cm³/mol. The number of aliphatic hydroxyl groups excluding tert-OH is 3. The second kappa shape index (κ2) is 2.90. The number of aliphatic hydroxyl groups is 3. The first-order valence-electron chi connectivity index (χ1n) is 3.39. The van der Waals surface area contributed by atoms with Gasteiger partial charge in [0.2, 0.25) is 0 Å². The van der Waals surface area contributed by atoms with Crippen LogP contribution in [0, 0.1) is 5.92 Å². The van der Waals surface area contributed by atoms with Gasteiger partial charge in [0.15, 0.2) is 0 Å². The third-order valence-corrected chi connectivity index (χ3v) is 2.08. The predicted octanol–water partition coefficient (Wildman–Crippen LogP) is -1.32. The molecule has 0 aromatic heterocycles. The first-order chi connectivity index (χ1) is 4.66. The Morgan fingerprint density at radius 1 is 1.30 bits per heavy atom. The van der Waals surface area contributed by atoms with Crippen molar-refractivity contribution >= 4 is 7.85 Å². The van der Waals surface area contributed by atoms with Crippen LogP contribution in [0.1, 0.15) is 6.42 Å². The Bertz CT molecular complexity index is 120. The maximum Gasteiger partial charge on any atom is 0.0844 e. The van der Waals surface area contributed by atoms with Gasteiger partial charge in [-0.3, -0.25) is 0 Å². The van der Waals surface area contributed by atoms with Crippen LogP contribution in [0.25, 0.3) is 0 Å². The van der Waals surface area contributed by atoms with Crippen LogP contribution in [0.15, 0.2) is 0 Å². The molecule has 0 saturated heterocycles. The maximum atomic E-state index is 9.14. The van der Waals surface area contributed by atoms with Crippen LogP contribution in [0.4, 0.5) is 0 Å². The van der Waals surface area contributed by atoms with E-state index in [2.05, 4.69) is 0 Å². The topological polar surface area (TPSA) is 60.7 Å². The Hall–Kier alpha value is -0.0551. The van der Waals surface area contributed by atoms with Crippen LogP contribution in [0.3, 0.4) is 0 Å². The van der Waals surface area contributed by atoms with E-state index in [9.17, 15) is 0 Å². The van der Waals surface area contributed by atoms with Crippen LogP contribution in [-0.4, -0.2) is 42.0 Å². The summed E-state index contributed by atoms with van der Waals surface area (Å²) >= 11 is 0. The Morgan fingerprint density at radius 3 is 2.10 bits per heavy atom. The van der Waals surface area contributed by atoms with E-state index in [1.165, 1.54) is 0 Å². The molecule has 0 spiro atoms. The van der Waals surface area contributed by atoms with Gasteiger partial charge in [-0.2, -0.15) is 0 Å². The highest BCUT2D eigenvalue weighted by atomic mass is 16.3. The van der Waals surface area contributed by atoms with Crippen LogP contribution in [0.2, 0.25) is 5.82 Å². The average molecular weight is 142 g/mol. The molecule has 0 aromatic carbocycles. The van der Waals surface area contributed by atoms with Crippen LogP contribution in [0.5, 0.6) is 0 Å². The van der Waals surface area contributed by atoms with E-state index < -0.39 is 12.2 Å². The summed E-state index contributed by atoms with van der Waals surface area (Å²) in [6.07, 6.45) is -1.21. The zero-order valence-electron chi connectivity index (χ0n) is 5.64. The molecule has 2 unspecified atom stereocenters.